The maximum atomic E-state index is 5.51. The second kappa shape index (κ2) is 7.49. The van der Waals surface area contributed by atoms with Crippen molar-refractivity contribution >= 4 is 0 Å². The average molecular weight is 253 g/mol. The van der Waals surface area contributed by atoms with Crippen molar-refractivity contribution in [2.45, 2.75) is 77.2 Å². The molecule has 0 amide bonds. The highest BCUT2D eigenvalue weighted by Gasteiger charge is 2.37. The molecule has 0 heterocycles. The van der Waals surface area contributed by atoms with Crippen LogP contribution in [0.1, 0.15) is 71.1 Å². The van der Waals surface area contributed by atoms with Gasteiger partial charge < -0.3 is 10.1 Å². The largest absolute Gasteiger partial charge is 0.381 e. The van der Waals surface area contributed by atoms with Crippen LogP contribution >= 0.6 is 0 Å². The van der Waals surface area contributed by atoms with E-state index in [9.17, 15) is 0 Å². The van der Waals surface area contributed by atoms with E-state index in [-0.39, 0.29) is 0 Å². The molecule has 0 aromatic rings. The first kappa shape index (κ1) is 14.3. The molecule has 0 aromatic carbocycles. The second-order valence-corrected chi connectivity index (χ2v) is 6.40. The van der Waals surface area contributed by atoms with Crippen molar-refractivity contribution in [2.75, 3.05) is 19.8 Å². The van der Waals surface area contributed by atoms with E-state index in [2.05, 4.69) is 12.2 Å². The van der Waals surface area contributed by atoms with E-state index in [1.807, 2.05) is 0 Å². The van der Waals surface area contributed by atoms with Crippen molar-refractivity contribution in [3.63, 3.8) is 0 Å². The fourth-order valence-electron chi connectivity index (χ4n) is 3.79. The lowest BCUT2D eigenvalue weighted by molar-refractivity contribution is 0.128. The van der Waals surface area contributed by atoms with Gasteiger partial charge in [-0.25, -0.2) is 0 Å². The quantitative estimate of drug-likeness (QED) is 0.695. The van der Waals surface area contributed by atoms with Gasteiger partial charge in [0.15, 0.2) is 0 Å². The number of nitrogens with one attached hydrogen (secondary N) is 1. The van der Waals surface area contributed by atoms with Gasteiger partial charge in [0.1, 0.15) is 0 Å². The summed E-state index contributed by atoms with van der Waals surface area (Å²) in [5, 5.41) is 3.72. The molecule has 0 aromatic heterocycles. The van der Waals surface area contributed by atoms with Gasteiger partial charge in [-0.2, -0.15) is 0 Å². The average Bonchev–Trinajstić information content (AvgIpc) is 2.85. The van der Waals surface area contributed by atoms with Gasteiger partial charge in [-0.15, -0.1) is 0 Å². The van der Waals surface area contributed by atoms with Crippen LogP contribution in [0.4, 0.5) is 0 Å². The van der Waals surface area contributed by atoms with E-state index in [1.165, 1.54) is 57.8 Å². The van der Waals surface area contributed by atoms with Gasteiger partial charge in [0.2, 0.25) is 0 Å². The van der Waals surface area contributed by atoms with Crippen molar-refractivity contribution < 1.29 is 4.74 Å². The standard InChI is InChI=1S/C16H31NO/c1-2-13-18-14-5-12-17-15-6-10-16(11-7-15)8-3-4-9-16/h15,17H,2-14H2,1H3. The Kier molecular flexibility index (Phi) is 5.97. The van der Waals surface area contributed by atoms with Crippen LogP contribution < -0.4 is 5.32 Å². The van der Waals surface area contributed by atoms with Crippen LogP contribution in [0.2, 0.25) is 0 Å². The molecule has 2 aliphatic rings. The summed E-state index contributed by atoms with van der Waals surface area (Å²) in [6.45, 7) is 5.16. The van der Waals surface area contributed by atoms with Crippen LogP contribution in [0, 0.1) is 5.41 Å². The predicted molar refractivity (Wildman–Crippen MR) is 76.9 cm³/mol. The summed E-state index contributed by atoms with van der Waals surface area (Å²) in [5.41, 5.74) is 0.780. The highest BCUT2D eigenvalue weighted by Crippen LogP contribution is 2.48. The van der Waals surface area contributed by atoms with Gasteiger partial charge in [0.25, 0.3) is 0 Å². The van der Waals surface area contributed by atoms with Crippen LogP contribution in [0.3, 0.4) is 0 Å². The van der Waals surface area contributed by atoms with Crippen LogP contribution in [-0.4, -0.2) is 25.8 Å². The SMILES string of the molecule is CCCOCCCNC1CCC2(CCCC2)CC1. The molecule has 2 heteroatoms. The van der Waals surface area contributed by atoms with Gasteiger partial charge in [-0.05, 0) is 63.3 Å². The highest BCUT2D eigenvalue weighted by atomic mass is 16.5. The van der Waals surface area contributed by atoms with Crippen molar-refractivity contribution in [1.29, 1.82) is 0 Å². The van der Waals surface area contributed by atoms with E-state index < -0.39 is 0 Å². The zero-order valence-electron chi connectivity index (χ0n) is 12.2. The third-order valence-corrected chi connectivity index (χ3v) is 4.96. The molecule has 2 nitrogen and oxygen atoms in total. The first-order valence-corrected chi connectivity index (χ1v) is 8.16. The molecule has 2 fully saturated rings. The van der Waals surface area contributed by atoms with Crippen LogP contribution in [0.5, 0.6) is 0 Å². The Morgan fingerprint density at radius 2 is 1.78 bits per heavy atom. The Morgan fingerprint density at radius 1 is 1.06 bits per heavy atom. The molecule has 0 unspecified atom stereocenters. The van der Waals surface area contributed by atoms with E-state index in [1.54, 1.807) is 0 Å². The third kappa shape index (κ3) is 4.24. The topological polar surface area (TPSA) is 21.3 Å². The molecule has 0 saturated heterocycles. The molecule has 18 heavy (non-hydrogen) atoms. The summed E-state index contributed by atoms with van der Waals surface area (Å²) in [4.78, 5) is 0. The Morgan fingerprint density at radius 3 is 2.44 bits per heavy atom. The van der Waals surface area contributed by atoms with Gasteiger partial charge >= 0.3 is 0 Å². The summed E-state index contributed by atoms with van der Waals surface area (Å²) in [7, 11) is 0. The van der Waals surface area contributed by atoms with Gasteiger partial charge in [-0.1, -0.05) is 19.8 Å². The third-order valence-electron chi connectivity index (χ3n) is 4.96. The highest BCUT2D eigenvalue weighted by molar-refractivity contribution is 4.91. The molecule has 0 radical (unpaired) electrons. The maximum absolute atomic E-state index is 5.51. The molecular formula is C16H31NO. The fourth-order valence-corrected chi connectivity index (χ4v) is 3.79. The normalized spacial score (nSPS) is 23.8. The van der Waals surface area contributed by atoms with E-state index >= 15 is 0 Å². The molecule has 2 saturated carbocycles. The zero-order valence-corrected chi connectivity index (χ0v) is 12.2. The number of hydrogen-bond donors (Lipinski definition) is 1. The lowest BCUT2D eigenvalue weighted by atomic mass is 9.71. The second-order valence-electron chi connectivity index (χ2n) is 6.40. The minimum absolute atomic E-state index is 0.780. The van der Waals surface area contributed by atoms with Crippen molar-refractivity contribution in [3.8, 4) is 0 Å². The molecule has 2 rings (SSSR count). The smallest absolute Gasteiger partial charge is 0.0478 e. The Labute approximate surface area is 113 Å². The Hall–Kier alpha value is -0.0800. The first-order valence-electron chi connectivity index (χ1n) is 8.16. The van der Waals surface area contributed by atoms with Crippen molar-refractivity contribution in [1.82, 2.24) is 5.32 Å². The first-order chi connectivity index (χ1) is 8.85. The maximum Gasteiger partial charge on any atom is 0.0478 e. The Balaban J connectivity index is 1.51. The molecule has 2 aliphatic carbocycles. The van der Waals surface area contributed by atoms with Crippen molar-refractivity contribution in [3.05, 3.63) is 0 Å². The monoisotopic (exact) mass is 253 g/mol. The molecular weight excluding hydrogens is 222 g/mol. The number of hydrogen-bond acceptors (Lipinski definition) is 2. The summed E-state index contributed by atoms with van der Waals surface area (Å²) in [6, 6.07) is 0.794. The molecule has 0 aliphatic heterocycles. The lowest BCUT2D eigenvalue weighted by Gasteiger charge is -2.37. The van der Waals surface area contributed by atoms with Crippen LogP contribution in [-0.2, 0) is 4.74 Å². The lowest BCUT2D eigenvalue weighted by Crippen LogP contribution is -2.37. The number of ether oxygens (including phenoxy) is 1. The van der Waals surface area contributed by atoms with Crippen LogP contribution in [0.25, 0.3) is 0 Å². The van der Waals surface area contributed by atoms with Crippen LogP contribution in [0.15, 0.2) is 0 Å². The van der Waals surface area contributed by atoms with E-state index in [0.29, 0.717) is 0 Å². The van der Waals surface area contributed by atoms with E-state index in [4.69, 9.17) is 4.74 Å². The van der Waals surface area contributed by atoms with E-state index in [0.717, 1.165) is 37.6 Å². The van der Waals surface area contributed by atoms with Gasteiger partial charge in [0.05, 0.1) is 0 Å². The molecule has 0 atom stereocenters. The molecule has 0 bridgehead atoms. The minimum Gasteiger partial charge on any atom is -0.381 e. The molecule has 1 N–H and O–H groups in total. The fraction of sp³-hybridized carbons (Fsp3) is 1.00. The van der Waals surface area contributed by atoms with Gasteiger partial charge in [0, 0.05) is 19.3 Å². The summed E-state index contributed by atoms with van der Waals surface area (Å²) < 4.78 is 5.51. The predicted octanol–water partition coefficient (Wildman–Crippen LogP) is 3.90. The molecule has 106 valence electrons. The zero-order chi connectivity index (χ0) is 12.7. The number of rotatable bonds is 7. The summed E-state index contributed by atoms with van der Waals surface area (Å²) in [6.07, 6.45) is 14.1. The molecule has 1 spiro atoms. The summed E-state index contributed by atoms with van der Waals surface area (Å²) in [5.74, 6) is 0. The minimum atomic E-state index is 0.780. The van der Waals surface area contributed by atoms with Gasteiger partial charge in [-0.3, -0.25) is 0 Å². The summed E-state index contributed by atoms with van der Waals surface area (Å²) >= 11 is 0. The van der Waals surface area contributed by atoms with Crippen molar-refractivity contribution in [2.24, 2.45) is 5.41 Å². The Bertz CT molecular complexity index is 213.